The molecule has 2 aliphatic rings. The molecule has 3 rings (SSSR count). The number of ether oxygens (including phenoxy) is 1. The minimum absolute atomic E-state index is 0.244. The van der Waals surface area contributed by atoms with Crippen LogP contribution in [0.4, 0.5) is 5.69 Å². The zero-order valence-corrected chi connectivity index (χ0v) is 14.1. The average Bonchev–Trinajstić information content (AvgIpc) is 3.12. The Labute approximate surface area is 141 Å². The lowest BCUT2D eigenvalue weighted by Crippen LogP contribution is -2.23. The van der Waals surface area contributed by atoms with Gasteiger partial charge in [0.05, 0.1) is 0 Å². The summed E-state index contributed by atoms with van der Waals surface area (Å²) >= 11 is 6.01. The van der Waals surface area contributed by atoms with Gasteiger partial charge < -0.3 is 10.1 Å². The van der Waals surface area contributed by atoms with Crippen LogP contribution < -0.4 is 5.32 Å². The van der Waals surface area contributed by atoms with Gasteiger partial charge in [-0.05, 0) is 61.6 Å². The third-order valence-electron chi connectivity index (χ3n) is 5.22. The predicted octanol–water partition coefficient (Wildman–Crippen LogP) is 3.96. The van der Waals surface area contributed by atoms with Crippen molar-refractivity contribution in [2.24, 2.45) is 17.8 Å². The maximum absolute atomic E-state index is 11.9. The molecule has 4 nitrogen and oxygen atoms in total. The first-order valence-corrected chi connectivity index (χ1v) is 8.61. The van der Waals surface area contributed by atoms with Crippen LogP contribution in [-0.4, -0.2) is 18.5 Å². The van der Waals surface area contributed by atoms with E-state index in [1.807, 2.05) is 6.92 Å². The molecule has 0 aromatic heterocycles. The molecule has 1 aromatic carbocycles. The molecule has 124 valence electrons. The van der Waals surface area contributed by atoms with Crippen molar-refractivity contribution in [1.82, 2.24) is 0 Å². The Kier molecular flexibility index (Phi) is 4.90. The van der Waals surface area contributed by atoms with Crippen LogP contribution in [-0.2, 0) is 14.3 Å². The van der Waals surface area contributed by atoms with E-state index in [9.17, 15) is 9.59 Å². The van der Waals surface area contributed by atoms with E-state index >= 15 is 0 Å². The number of nitrogens with one attached hydrogen (secondary N) is 1. The standard InChI is InChI=1S/C18H22ClNO3/c1-11-15(19)3-2-4-16(11)20-17(21)10-23-18(22)9-14-8-12-5-6-13(14)7-12/h2-4,12-14H,5-10H2,1H3,(H,20,21)/t12-,13-,14+/m1/s1. The van der Waals surface area contributed by atoms with Crippen LogP contribution in [0.5, 0.6) is 0 Å². The highest BCUT2D eigenvalue weighted by Gasteiger charge is 2.40. The van der Waals surface area contributed by atoms with E-state index in [0.717, 1.165) is 17.9 Å². The normalized spacial score (nSPS) is 25.4. The fourth-order valence-electron chi connectivity index (χ4n) is 3.97. The molecule has 1 N–H and O–H groups in total. The SMILES string of the molecule is Cc1c(Cl)cccc1NC(=O)COC(=O)C[C@@H]1C[C@@H]2CC[C@@H]1C2. The van der Waals surface area contributed by atoms with Crippen molar-refractivity contribution in [3.8, 4) is 0 Å². The molecule has 0 spiro atoms. The number of hydrogen-bond acceptors (Lipinski definition) is 3. The molecule has 0 heterocycles. The Balaban J connectivity index is 1.43. The molecule has 3 atom stereocenters. The largest absolute Gasteiger partial charge is 0.456 e. The first kappa shape index (κ1) is 16.3. The number of benzene rings is 1. The Morgan fingerprint density at radius 1 is 1.30 bits per heavy atom. The monoisotopic (exact) mass is 335 g/mol. The van der Waals surface area contributed by atoms with Gasteiger partial charge in [0.15, 0.2) is 6.61 Å². The van der Waals surface area contributed by atoms with Gasteiger partial charge in [-0.15, -0.1) is 0 Å². The average molecular weight is 336 g/mol. The molecule has 0 unspecified atom stereocenters. The second kappa shape index (κ2) is 6.91. The number of carbonyl (C=O) groups is 2. The molecule has 2 fully saturated rings. The Morgan fingerprint density at radius 3 is 2.83 bits per heavy atom. The van der Waals surface area contributed by atoms with E-state index < -0.39 is 0 Å². The van der Waals surface area contributed by atoms with Crippen LogP contribution in [0.1, 0.15) is 37.7 Å². The molecule has 0 saturated heterocycles. The van der Waals surface area contributed by atoms with Crippen LogP contribution in [0.3, 0.4) is 0 Å². The van der Waals surface area contributed by atoms with Crippen molar-refractivity contribution in [3.63, 3.8) is 0 Å². The molecule has 23 heavy (non-hydrogen) atoms. The Bertz CT molecular complexity index is 616. The maximum atomic E-state index is 11.9. The molecule has 2 bridgehead atoms. The Morgan fingerprint density at radius 2 is 2.13 bits per heavy atom. The van der Waals surface area contributed by atoms with Gasteiger partial charge in [-0.1, -0.05) is 24.1 Å². The number of anilines is 1. The summed E-state index contributed by atoms with van der Waals surface area (Å²) < 4.78 is 5.13. The van der Waals surface area contributed by atoms with Gasteiger partial charge in [-0.3, -0.25) is 9.59 Å². The van der Waals surface area contributed by atoms with Gasteiger partial charge in [0.25, 0.3) is 5.91 Å². The van der Waals surface area contributed by atoms with Crippen LogP contribution in [0.25, 0.3) is 0 Å². The lowest BCUT2D eigenvalue weighted by molar-refractivity contribution is -0.148. The van der Waals surface area contributed by atoms with E-state index in [0.29, 0.717) is 29.0 Å². The van der Waals surface area contributed by atoms with Crippen LogP contribution in [0, 0.1) is 24.7 Å². The summed E-state index contributed by atoms with van der Waals surface area (Å²) in [5, 5.41) is 3.32. The van der Waals surface area contributed by atoms with Gasteiger partial charge in [0.1, 0.15) is 0 Å². The highest BCUT2D eigenvalue weighted by Crippen LogP contribution is 2.49. The third-order valence-corrected chi connectivity index (χ3v) is 5.63. The highest BCUT2D eigenvalue weighted by molar-refractivity contribution is 6.31. The molecule has 1 aromatic rings. The van der Waals surface area contributed by atoms with E-state index in [4.69, 9.17) is 16.3 Å². The summed E-state index contributed by atoms with van der Waals surface area (Å²) in [7, 11) is 0. The lowest BCUT2D eigenvalue weighted by atomic mass is 9.86. The second-order valence-corrected chi connectivity index (χ2v) is 7.17. The van der Waals surface area contributed by atoms with Gasteiger partial charge in [0, 0.05) is 17.1 Å². The van der Waals surface area contributed by atoms with Crippen molar-refractivity contribution in [2.75, 3.05) is 11.9 Å². The number of rotatable bonds is 5. The molecular formula is C18H22ClNO3. The summed E-state index contributed by atoms with van der Waals surface area (Å²) in [6.07, 6.45) is 5.43. The van der Waals surface area contributed by atoms with Crippen LogP contribution in [0.2, 0.25) is 5.02 Å². The highest BCUT2D eigenvalue weighted by atomic mass is 35.5. The minimum atomic E-state index is -0.336. The van der Waals surface area contributed by atoms with E-state index in [-0.39, 0.29) is 18.5 Å². The first-order valence-electron chi connectivity index (χ1n) is 8.23. The van der Waals surface area contributed by atoms with Crippen molar-refractivity contribution in [2.45, 2.75) is 39.0 Å². The minimum Gasteiger partial charge on any atom is -0.456 e. The first-order chi connectivity index (χ1) is 11.0. The van der Waals surface area contributed by atoms with Crippen LogP contribution >= 0.6 is 11.6 Å². The number of amides is 1. The third kappa shape index (κ3) is 3.86. The molecule has 0 aliphatic heterocycles. The smallest absolute Gasteiger partial charge is 0.306 e. The topological polar surface area (TPSA) is 55.4 Å². The predicted molar refractivity (Wildman–Crippen MR) is 89.3 cm³/mol. The van der Waals surface area contributed by atoms with Crippen LogP contribution in [0.15, 0.2) is 18.2 Å². The van der Waals surface area contributed by atoms with Crippen molar-refractivity contribution in [3.05, 3.63) is 28.8 Å². The van der Waals surface area contributed by atoms with Crippen molar-refractivity contribution < 1.29 is 14.3 Å². The zero-order valence-electron chi connectivity index (χ0n) is 13.3. The van der Waals surface area contributed by atoms with Crippen molar-refractivity contribution in [1.29, 1.82) is 0 Å². The van der Waals surface area contributed by atoms with Gasteiger partial charge in [0.2, 0.25) is 0 Å². The van der Waals surface area contributed by atoms with Gasteiger partial charge >= 0.3 is 5.97 Å². The lowest BCUT2D eigenvalue weighted by Gasteiger charge is -2.20. The number of hydrogen-bond donors (Lipinski definition) is 1. The summed E-state index contributed by atoms with van der Waals surface area (Å²) in [6.45, 7) is 1.59. The van der Waals surface area contributed by atoms with Gasteiger partial charge in [-0.2, -0.15) is 0 Å². The summed E-state index contributed by atoms with van der Waals surface area (Å²) in [4.78, 5) is 23.8. The molecule has 0 radical (unpaired) electrons. The molecule has 5 heteroatoms. The van der Waals surface area contributed by atoms with Crippen molar-refractivity contribution >= 4 is 29.2 Å². The zero-order chi connectivity index (χ0) is 16.4. The molecule has 1 amide bonds. The Hall–Kier alpha value is -1.55. The summed E-state index contributed by atoms with van der Waals surface area (Å²) in [5.41, 5.74) is 1.45. The van der Waals surface area contributed by atoms with Gasteiger partial charge in [-0.25, -0.2) is 0 Å². The number of fused-ring (bicyclic) bond motifs is 2. The van der Waals surface area contributed by atoms with E-state index in [1.54, 1.807) is 18.2 Å². The van der Waals surface area contributed by atoms with E-state index in [2.05, 4.69) is 5.32 Å². The van der Waals surface area contributed by atoms with E-state index in [1.165, 1.54) is 19.3 Å². The molecular weight excluding hydrogens is 314 g/mol. The second-order valence-electron chi connectivity index (χ2n) is 6.76. The molecule has 2 aliphatic carbocycles. The fraction of sp³-hybridized carbons (Fsp3) is 0.556. The number of carbonyl (C=O) groups excluding carboxylic acids is 2. The summed E-state index contributed by atoms with van der Waals surface area (Å²) in [5.74, 6) is 1.36. The summed E-state index contributed by atoms with van der Waals surface area (Å²) in [6, 6.07) is 5.31. The maximum Gasteiger partial charge on any atom is 0.306 e. The quantitative estimate of drug-likeness (QED) is 0.829. The number of halogens is 1. The molecule has 2 saturated carbocycles. The fourth-order valence-corrected chi connectivity index (χ4v) is 4.15. The number of esters is 1.